The highest BCUT2D eigenvalue weighted by Crippen LogP contribution is 2.19. The summed E-state index contributed by atoms with van der Waals surface area (Å²) in [4.78, 5) is 2.29. The van der Waals surface area contributed by atoms with Crippen LogP contribution in [0.5, 0.6) is 0 Å². The lowest BCUT2D eigenvalue weighted by Crippen LogP contribution is -2.58. The quantitative estimate of drug-likeness (QED) is 0.731. The molecule has 1 aliphatic heterocycles. The van der Waals surface area contributed by atoms with Crippen molar-refractivity contribution in [2.75, 3.05) is 32.8 Å². The van der Waals surface area contributed by atoms with E-state index in [-0.39, 0.29) is 6.61 Å². The number of piperazine rings is 1. The second-order valence-electron chi connectivity index (χ2n) is 5.63. The number of nitrogens with zero attached hydrogens (tertiary/aromatic N) is 1. The molecule has 3 atom stereocenters. The second-order valence-corrected chi connectivity index (χ2v) is 5.63. The van der Waals surface area contributed by atoms with Crippen LogP contribution in [0.2, 0.25) is 0 Å². The average molecular weight is 296 g/mol. The first-order valence-electron chi connectivity index (χ1n) is 7.49. The Morgan fingerprint density at radius 2 is 2.05 bits per heavy atom. The van der Waals surface area contributed by atoms with Gasteiger partial charge < -0.3 is 10.1 Å². The van der Waals surface area contributed by atoms with E-state index in [1.165, 1.54) is 0 Å². The van der Waals surface area contributed by atoms with Crippen LogP contribution in [-0.2, 0) is 4.74 Å². The van der Waals surface area contributed by atoms with Crippen molar-refractivity contribution in [3.63, 3.8) is 0 Å². The van der Waals surface area contributed by atoms with E-state index in [4.69, 9.17) is 4.74 Å². The zero-order valence-corrected chi connectivity index (χ0v) is 12.7. The Morgan fingerprint density at radius 3 is 2.60 bits per heavy atom. The van der Waals surface area contributed by atoms with Crippen LogP contribution in [0.1, 0.15) is 33.6 Å². The standard InChI is InChI=1S/C14H27F3N2O/c1-4-11(3)13-8-18-12(5-2)9-19(13)6-7-20-10-14(15,16)17/h11-13,18H,4-10H2,1-3H3. The van der Waals surface area contributed by atoms with Gasteiger partial charge in [-0.15, -0.1) is 0 Å². The molecule has 3 nitrogen and oxygen atoms in total. The van der Waals surface area contributed by atoms with Crippen molar-refractivity contribution in [2.45, 2.75) is 51.9 Å². The lowest BCUT2D eigenvalue weighted by molar-refractivity contribution is -0.175. The molecule has 20 heavy (non-hydrogen) atoms. The lowest BCUT2D eigenvalue weighted by Gasteiger charge is -2.43. The van der Waals surface area contributed by atoms with Gasteiger partial charge in [0.15, 0.2) is 0 Å². The summed E-state index contributed by atoms with van der Waals surface area (Å²) in [5.74, 6) is 0.530. The molecule has 0 bridgehead atoms. The molecule has 0 aromatic carbocycles. The van der Waals surface area contributed by atoms with Gasteiger partial charge in [-0.1, -0.05) is 27.2 Å². The van der Waals surface area contributed by atoms with Gasteiger partial charge in [-0.2, -0.15) is 13.2 Å². The normalized spacial score (nSPS) is 26.7. The molecule has 0 radical (unpaired) electrons. The number of rotatable bonds is 7. The molecule has 3 unspecified atom stereocenters. The van der Waals surface area contributed by atoms with Crippen molar-refractivity contribution in [2.24, 2.45) is 5.92 Å². The van der Waals surface area contributed by atoms with Crippen LogP contribution in [0, 0.1) is 5.92 Å². The molecule has 6 heteroatoms. The molecule has 0 aliphatic carbocycles. The molecule has 0 aromatic rings. The maximum Gasteiger partial charge on any atom is 0.411 e. The first kappa shape index (κ1) is 17.7. The van der Waals surface area contributed by atoms with Crippen molar-refractivity contribution in [1.29, 1.82) is 0 Å². The van der Waals surface area contributed by atoms with Gasteiger partial charge in [0.05, 0.1) is 6.61 Å². The first-order valence-corrected chi connectivity index (χ1v) is 7.49. The predicted octanol–water partition coefficient (Wildman–Crippen LogP) is 2.66. The second kappa shape index (κ2) is 8.20. The molecular formula is C14H27F3N2O. The van der Waals surface area contributed by atoms with Gasteiger partial charge in [-0.25, -0.2) is 0 Å². The first-order chi connectivity index (χ1) is 9.37. The molecule has 0 amide bonds. The summed E-state index contributed by atoms with van der Waals surface area (Å²) in [5.41, 5.74) is 0. The third-order valence-electron chi connectivity index (χ3n) is 4.12. The SMILES string of the molecule is CCC1CN(CCOCC(F)(F)F)C(C(C)CC)CN1. The van der Waals surface area contributed by atoms with Crippen molar-refractivity contribution >= 4 is 0 Å². The van der Waals surface area contributed by atoms with Crippen LogP contribution in [0.25, 0.3) is 0 Å². The molecular weight excluding hydrogens is 269 g/mol. The Balaban J connectivity index is 2.43. The lowest BCUT2D eigenvalue weighted by atomic mass is 9.94. The summed E-state index contributed by atoms with van der Waals surface area (Å²) in [6.45, 7) is 7.83. The molecule has 1 rings (SSSR count). The average Bonchev–Trinajstić information content (AvgIpc) is 2.41. The highest BCUT2D eigenvalue weighted by atomic mass is 19.4. The van der Waals surface area contributed by atoms with Crippen LogP contribution in [0.4, 0.5) is 13.2 Å². The highest BCUT2D eigenvalue weighted by molar-refractivity contribution is 4.87. The molecule has 0 spiro atoms. The molecule has 1 heterocycles. The summed E-state index contributed by atoms with van der Waals surface area (Å²) in [6, 6.07) is 0.815. The summed E-state index contributed by atoms with van der Waals surface area (Å²) in [7, 11) is 0. The van der Waals surface area contributed by atoms with E-state index in [0.29, 0.717) is 24.5 Å². The van der Waals surface area contributed by atoms with Crippen molar-refractivity contribution in [3.05, 3.63) is 0 Å². The summed E-state index contributed by atoms with van der Waals surface area (Å²) in [6.07, 6.45) is -2.12. The van der Waals surface area contributed by atoms with E-state index < -0.39 is 12.8 Å². The van der Waals surface area contributed by atoms with Gasteiger partial charge in [0.25, 0.3) is 0 Å². The minimum Gasteiger partial charge on any atom is -0.371 e. The van der Waals surface area contributed by atoms with E-state index in [0.717, 1.165) is 25.9 Å². The number of hydrogen-bond donors (Lipinski definition) is 1. The predicted molar refractivity (Wildman–Crippen MR) is 73.8 cm³/mol. The monoisotopic (exact) mass is 296 g/mol. The number of alkyl halides is 3. The summed E-state index contributed by atoms with van der Waals surface area (Å²) >= 11 is 0. The summed E-state index contributed by atoms with van der Waals surface area (Å²) < 4.78 is 40.9. The fraction of sp³-hybridized carbons (Fsp3) is 1.00. The Labute approximate surface area is 119 Å². The third-order valence-corrected chi connectivity index (χ3v) is 4.12. The number of halogens is 3. The largest absolute Gasteiger partial charge is 0.411 e. The summed E-state index contributed by atoms with van der Waals surface area (Å²) in [5, 5.41) is 3.52. The number of hydrogen-bond acceptors (Lipinski definition) is 3. The molecule has 120 valence electrons. The van der Waals surface area contributed by atoms with Crippen molar-refractivity contribution in [1.82, 2.24) is 10.2 Å². The molecule has 0 aromatic heterocycles. The Morgan fingerprint density at radius 1 is 1.35 bits per heavy atom. The van der Waals surface area contributed by atoms with Crippen LogP contribution >= 0.6 is 0 Å². The Hall–Kier alpha value is -0.330. The highest BCUT2D eigenvalue weighted by Gasteiger charge is 2.31. The number of nitrogens with one attached hydrogen (secondary N) is 1. The molecule has 0 saturated carbocycles. The van der Waals surface area contributed by atoms with E-state index in [2.05, 4.69) is 31.0 Å². The topological polar surface area (TPSA) is 24.5 Å². The van der Waals surface area contributed by atoms with Crippen molar-refractivity contribution < 1.29 is 17.9 Å². The van der Waals surface area contributed by atoms with Crippen LogP contribution in [0.3, 0.4) is 0 Å². The van der Waals surface area contributed by atoms with Gasteiger partial charge in [0, 0.05) is 31.7 Å². The minimum absolute atomic E-state index is 0.142. The van der Waals surface area contributed by atoms with Gasteiger partial charge >= 0.3 is 6.18 Å². The Bertz CT molecular complexity index is 274. The maximum absolute atomic E-state index is 12.0. The van der Waals surface area contributed by atoms with Gasteiger partial charge in [-0.3, -0.25) is 4.90 Å². The van der Waals surface area contributed by atoms with Crippen LogP contribution < -0.4 is 5.32 Å². The molecule has 1 saturated heterocycles. The van der Waals surface area contributed by atoms with E-state index in [9.17, 15) is 13.2 Å². The fourth-order valence-electron chi connectivity index (χ4n) is 2.63. The fourth-order valence-corrected chi connectivity index (χ4v) is 2.63. The van der Waals surface area contributed by atoms with E-state index in [1.807, 2.05) is 0 Å². The molecule has 1 fully saturated rings. The zero-order chi connectivity index (χ0) is 15.2. The van der Waals surface area contributed by atoms with Gasteiger partial charge in [0.1, 0.15) is 6.61 Å². The molecule has 1 N–H and O–H groups in total. The maximum atomic E-state index is 12.0. The van der Waals surface area contributed by atoms with Crippen LogP contribution in [-0.4, -0.2) is 56.0 Å². The smallest absolute Gasteiger partial charge is 0.371 e. The molecule has 1 aliphatic rings. The third kappa shape index (κ3) is 5.97. The van der Waals surface area contributed by atoms with E-state index >= 15 is 0 Å². The van der Waals surface area contributed by atoms with E-state index in [1.54, 1.807) is 0 Å². The van der Waals surface area contributed by atoms with Crippen LogP contribution in [0.15, 0.2) is 0 Å². The van der Waals surface area contributed by atoms with Crippen molar-refractivity contribution in [3.8, 4) is 0 Å². The van der Waals surface area contributed by atoms with Gasteiger partial charge in [0.2, 0.25) is 0 Å². The van der Waals surface area contributed by atoms with Gasteiger partial charge in [-0.05, 0) is 12.3 Å². The minimum atomic E-state index is -4.23. The zero-order valence-electron chi connectivity index (χ0n) is 12.7. The number of ether oxygens (including phenoxy) is 1. The Kier molecular flexibility index (Phi) is 7.26.